The number of rotatable bonds is 4. The molecule has 0 saturated carbocycles. The minimum Gasteiger partial charge on any atom is -0.380 e. The smallest absolute Gasteiger partial charge is 0.270 e. The molecule has 0 aliphatic carbocycles. The quantitative estimate of drug-likeness (QED) is 0.501. The molecule has 1 N–H and O–H groups in total. The van der Waals surface area contributed by atoms with E-state index in [-0.39, 0.29) is 10.6 Å². The van der Waals surface area contributed by atoms with E-state index in [0.717, 1.165) is 15.8 Å². The maximum absolute atomic E-state index is 10.7. The fourth-order valence-electron chi connectivity index (χ4n) is 1.45. The number of nitro groups is 1. The van der Waals surface area contributed by atoms with Gasteiger partial charge in [-0.3, -0.25) is 10.1 Å². The zero-order valence-corrected chi connectivity index (χ0v) is 9.29. The third-order valence-electron chi connectivity index (χ3n) is 2.20. The predicted octanol–water partition coefficient (Wildman–Crippen LogP) is 3.41. The summed E-state index contributed by atoms with van der Waals surface area (Å²) in [6, 6.07) is 4.89. The average Bonchev–Trinajstić information content (AvgIpc) is 2.68. The Balaban J connectivity index is 2.46. The van der Waals surface area contributed by atoms with Gasteiger partial charge in [-0.1, -0.05) is 6.08 Å². The highest BCUT2D eigenvalue weighted by Gasteiger charge is 2.09. The van der Waals surface area contributed by atoms with Gasteiger partial charge in [0.05, 0.1) is 10.6 Å². The number of non-ortho nitro benzene ring substituents is 1. The first-order chi connectivity index (χ1) is 7.72. The van der Waals surface area contributed by atoms with Crippen molar-refractivity contribution in [1.82, 2.24) is 0 Å². The number of hydrogen-bond donors (Lipinski definition) is 1. The largest absolute Gasteiger partial charge is 0.380 e. The number of anilines is 1. The lowest BCUT2D eigenvalue weighted by Gasteiger charge is -2.00. The molecule has 0 aliphatic heterocycles. The number of benzene rings is 1. The van der Waals surface area contributed by atoms with E-state index in [0.29, 0.717) is 6.54 Å². The summed E-state index contributed by atoms with van der Waals surface area (Å²) in [5, 5.41) is 16.7. The second-order valence-electron chi connectivity index (χ2n) is 3.26. The Kier molecular flexibility index (Phi) is 2.87. The Labute approximate surface area is 96.4 Å². The minimum absolute atomic E-state index is 0.118. The molecule has 82 valence electrons. The summed E-state index contributed by atoms with van der Waals surface area (Å²) >= 11 is 1.57. The van der Waals surface area contributed by atoms with E-state index >= 15 is 0 Å². The third kappa shape index (κ3) is 1.90. The molecule has 2 aromatic rings. The molecule has 1 heterocycles. The first-order valence-electron chi connectivity index (χ1n) is 4.73. The molecule has 0 spiro atoms. The molecule has 0 saturated heterocycles. The lowest BCUT2D eigenvalue weighted by atomic mass is 10.2. The molecular weight excluding hydrogens is 224 g/mol. The highest BCUT2D eigenvalue weighted by atomic mass is 32.1. The lowest BCUT2D eigenvalue weighted by molar-refractivity contribution is -0.384. The topological polar surface area (TPSA) is 55.2 Å². The number of hydrogen-bond acceptors (Lipinski definition) is 4. The summed E-state index contributed by atoms with van der Waals surface area (Å²) in [6.07, 6.45) is 1.75. The lowest BCUT2D eigenvalue weighted by Crippen LogP contribution is -1.96. The second-order valence-corrected chi connectivity index (χ2v) is 4.17. The van der Waals surface area contributed by atoms with Crippen molar-refractivity contribution in [1.29, 1.82) is 0 Å². The predicted molar refractivity (Wildman–Crippen MR) is 67.2 cm³/mol. The van der Waals surface area contributed by atoms with Crippen LogP contribution in [0.5, 0.6) is 0 Å². The van der Waals surface area contributed by atoms with Crippen molar-refractivity contribution in [2.75, 3.05) is 11.9 Å². The van der Waals surface area contributed by atoms with Crippen LogP contribution >= 0.6 is 11.3 Å². The van der Waals surface area contributed by atoms with Gasteiger partial charge in [-0.25, -0.2) is 0 Å². The molecule has 0 aliphatic rings. The molecular formula is C11H10N2O2S. The van der Waals surface area contributed by atoms with Crippen molar-refractivity contribution in [2.24, 2.45) is 0 Å². The molecule has 1 aromatic carbocycles. The first-order valence-corrected chi connectivity index (χ1v) is 5.60. The number of thiophene rings is 1. The molecule has 5 heteroatoms. The average molecular weight is 234 g/mol. The fourth-order valence-corrected chi connectivity index (χ4v) is 2.35. The van der Waals surface area contributed by atoms with Crippen LogP contribution in [0.3, 0.4) is 0 Å². The van der Waals surface area contributed by atoms with Crippen LogP contribution in [0.25, 0.3) is 10.1 Å². The van der Waals surface area contributed by atoms with E-state index < -0.39 is 0 Å². The second kappa shape index (κ2) is 4.32. The van der Waals surface area contributed by atoms with Gasteiger partial charge in [-0.05, 0) is 6.07 Å². The van der Waals surface area contributed by atoms with Gasteiger partial charge in [0, 0.05) is 34.1 Å². The zero-order chi connectivity index (χ0) is 11.5. The summed E-state index contributed by atoms with van der Waals surface area (Å²) in [5.41, 5.74) is 1.04. The summed E-state index contributed by atoms with van der Waals surface area (Å²) in [7, 11) is 0. The van der Waals surface area contributed by atoms with Gasteiger partial charge in [0.1, 0.15) is 0 Å². The summed E-state index contributed by atoms with van der Waals surface area (Å²) in [4.78, 5) is 10.3. The van der Waals surface area contributed by atoms with Crippen molar-refractivity contribution < 1.29 is 4.92 Å². The van der Waals surface area contributed by atoms with Crippen molar-refractivity contribution in [3.8, 4) is 0 Å². The highest BCUT2D eigenvalue weighted by Crippen LogP contribution is 2.32. The van der Waals surface area contributed by atoms with Gasteiger partial charge in [-0.15, -0.1) is 17.9 Å². The molecule has 16 heavy (non-hydrogen) atoms. The van der Waals surface area contributed by atoms with Gasteiger partial charge >= 0.3 is 0 Å². The highest BCUT2D eigenvalue weighted by molar-refractivity contribution is 7.17. The van der Waals surface area contributed by atoms with Crippen molar-refractivity contribution in [3.05, 3.63) is 46.3 Å². The zero-order valence-electron chi connectivity index (χ0n) is 8.47. The number of fused-ring (bicyclic) bond motifs is 1. The summed E-state index contributed by atoms with van der Waals surface area (Å²) < 4.78 is 1.04. The van der Waals surface area contributed by atoms with Crippen LogP contribution in [-0.2, 0) is 0 Å². The maximum atomic E-state index is 10.7. The molecule has 4 nitrogen and oxygen atoms in total. The fraction of sp³-hybridized carbons (Fsp3) is 0.0909. The summed E-state index contributed by atoms with van der Waals surface area (Å²) in [6.45, 7) is 4.27. The molecule has 0 amide bonds. The standard InChI is InChI=1S/C11H10N2O2S/c1-2-5-12-10-7-16-11-4-3-8(13(14)15)6-9(10)11/h2-4,6-7,12H,1,5H2. The van der Waals surface area contributed by atoms with Gasteiger partial charge < -0.3 is 5.32 Å². The number of nitrogens with one attached hydrogen (secondary N) is 1. The Morgan fingerprint density at radius 1 is 1.56 bits per heavy atom. The summed E-state index contributed by atoms with van der Waals surface area (Å²) in [5.74, 6) is 0. The first kappa shape index (κ1) is 10.6. The van der Waals surface area contributed by atoms with E-state index in [9.17, 15) is 10.1 Å². The van der Waals surface area contributed by atoms with E-state index in [1.807, 2.05) is 5.38 Å². The van der Waals surface area contributed by atoms with Crippen LogP contribution in [0.2, 0.25) is 0 Å². The van der Waals surface area contributed by atoms with Crippen molar-refractivity contribution in [3.63, 3.8) is 0 Å². The normalized spacial score (nSPS) is 10.2. The monoisotopic (exact) mass is 234 g/mol. The van der Waals surface area contributed by atoms with Gasteiger partial charge in [0.2, 0.25) is 0 Å². The van der Waals surface area contributed by atoms with E-state index in [1.54, 1.807) is 29.5 Å². The van der Waals surface area contributed by atoms with Crippen LogP contribution in [0.4, 0.5) is 11.4 Å². The van der Waals surface area contributed by atoms with Crippen LogP contribution in [0, 0.1) is 10.1 Å². The van der Waals surface area contributed by atoms with Crippen LogP contribution in [0.1, 0.15) is 0 Å². The van der Waals surface area contributed by atoms with Crippen LogP contribution in [0.15, 0.2) is 36.2 Å². The third-order valence-corrected chi connectivity index (χ3v) is 3.17. The molecule has 0 unspecified atom stereocenters. The van der Waals surface area contributed by atoms with Crippen molar-refractivity contribution in [2.45, 2.75) is 0 Å². The van der Waals surface area contributed by atoms with Crippen LogP contribution < -0.4 is 5.32 Å². The number of nitrogens with zero attached hydrogens (tertiary/aromatic N) is 1. The Bertz CT molecular complexity index is 548. The van der Waals surface area contributed by atoms with Gasteiger partial charge in [0.15, 0.2) is 0 Å². The molecule has 0 atom stereocenters. The SMILES string of the molecule is C=CCNc1csc2ccc([N+](=O)[O-])cc12. The van der Waals surface area contributed by atoms with Gasteiger partial charge in [-0.2, -0.15) is 0 Å². The molecule has 0 radical (unpaired) electrons. The van der Waals surface area contributed by atoms with E-state index in [2.05, 4.69) is 11.9 Å². The maximum Gasteiger partial charge on any atom is 0.270 e. The molecule has 0 fully saturated rings. The Hall–Kier alpha value is -1.88. The van der Waals surface area contributed by atoms with E-state index in [4.69, 9.17) is 0 Å². The molecule has 0 bridgehead atoms. The minimum atomic E-state index is -0.381. The number of nitro benzene ring substituents is 1. The van der Waals surface area contributed by atoms with Crippen LogP contribution in [-0.4, -0.2) is 11.5 Å². The molecule has 2 rings (SSSR count). The van der Waals surface area contributed by atoms with Gasteiger partial charge in [0.25, 0.3) is 5.69 Å². The molecule has 1 aromatic heterocycles. The van der Waals surface area contributed by atoms with Crippen molar-refractivity contribution >= 4 is 32.8 Å². The van der Waals surface area contributed by atoms with E-state index in [1.165, 1.54) is 6.07 Å². The Morgan fingerprint density at radius 2 is 2.38 bits per heavy atom. The Morgan fingerprint density at radius 3 is 3.06 bits per heavy atom.